The largest absolute Gasteiger partial charge is 0.507 e. The van der Waals surface area contributed by atoms with Gasteiger partial charge < -0.3 is 10.4 Å². The lowest BCUT2D eigenvalue weighted by Gasteiger charge is -2.31. The smallest absolute Gasteiger partial charge is 0.243 e. The predicted octanol–water partition coefficient (Wildman–Crippen LogP) is 1.87. The average Bonchev–Trinajstić information content (AvgIpc) is 3.24. The molecule has 174 valence electrons. The molecule has 8 nitrogen and oxygen atoms in total. The Kier molecular flexibility index (Phi) is 6.01. The Morgan fingerprint density at radius 3 is 2.50 bits per heavy atom. The Labute approximate surface area is 199 Å². The number of phenols is 1. The molecule has 2 aromatic heterocycles. The van der Waals surface area contributed by atoms with E-state index >= 15 is 0 Å². The van der Waals surface area contributed by atoms with Gasteiger partial charge in [-0.2, -0.15) is 13.9 Å². The van der Waals surface area contributed by atoms with Crippen molar-refractivity contribution in [3.05, 3.63) is 66.9 Å². The van der Waals surface area contributed by atoms with Gasteiger partial charge in [0.2, 0.25) is 10.0 Å². The van der Waals surface area contributed by atoms with Crippen LogP contribution >= 0.6 is 0 Å². The van der Waals surface area contributed by atoms with Gasteiger partial charge in [0.15, 0.2) is 5.65 Å². The number of benzene rings is 2. The molecule has 3 heterocycles. The molecule has 0 saturated carbocycles. The second kappa shape index (κ2) is 9.11. The summed E-state index contributed by atoms with van der Waals surface area (Å²) in [5.74, 6) is 1.29. The molecular weight excluding hydrogens is 449 g/mol. The molecule has 0 spiro atoms. The molecule has 0 unspecified atom stereocenters. The first kappa shape index (κ1) is 22.4. The summed E-state index contributed by atoms with van der Waals surface area (Å²) in [6, 6.07) is 17.6. The fourth-order valence-electron chi connectivity index (χ4n) is 4.37. The summed E-state index contributed by atoms with van der Waals surface area (Å²) in [4.78, 5) is 5.06. The van der Waals surface area contributed by atoms with Gasteiger partial charge in [-0.25, -0.2) is 13.4 Å². The monoisotopic (exact) mass is 475 g/mol. The molecule has 1 saturated heterocycles. The summed E-state index contributed by atoms with van der Waals surface area (Å²) in [5.41, 5.74) is 3.00. The van der Waals surface area contributed by atoms with E-state index in [4.69, 9.17) is 4.98 Å². The van der Waals surface area contributed by atoms with Gasteiger partial charge in [0.1, 0.15) is 19.4 Å². The first-order valence-electron chi connectivity index (χ1n) is 11.4. The van der Waals surface area contributed by atoms with Crippen LogP contribution in [0.1, 0.15) is 12.8 Å². The van der Waals surface area contributed by atoms with Crippen molar-refractivity contribution in [3.8, 4) is 17.0 Å². The molecule has 4 aromatic rings. The molecule has 0 aliphatic carbocycles. The van der Waals surface area contributed by atoms with Gasteiger partial charge in [0.25, 0.3) is 0 Å². The quantitative estimate of drug-likeness (QED) is 0.413. The van der Waals surface area contributed by atoms with E-state index in [-0.39, 0.29) is 5.75 Å². The Balaban J connectivity index is 1.31. The minimum absolute atomic E-state index is 0.175. The summed E-state index contributed by atoms with van der Waals surface area (Å²) >= 11 is 0. The number of sulfonamides is 1. The average molecular weight is 475 g/mol. The SMILES string of the molecule is Bc1cnn2c(NCC3CCN(S(=O)(=O)c4ccccc4)CC3)cc(-c3ccccc3O)nc12. The van der Waals surface area contributed by atoms with Crippen LogP contribution in [0, 0.1) is 5.92 Å². The van der Waals surface area contributed by atoms with E-state index in [0.29, 0.717) is 41.7 Å². The molecule has 0 amide bonds. The molecule has 2 N–H and O–H groups in total. The fourth-order valence-corrected chi connectivity index (χ4v) is 5.86. The normalized spacial score (nSPS) is 15.5. The number of nitrogens with zero attached hydrogens (tertiary/aromatic N) is 4. The van der Waals surface area contributed by atoms with Crippen LogP contribution in [0.4, 0.5) is 5.82 Å². The van der Waals surface area contributed by atoms with E-state index in [0.717, 1.165) is 29.8 Å². The van der Waals surface area contributed by atoms with Gasteiger partial charge in [0, 0.05) is 37.5 Å². The molecule has 0 radical (unpaired) electrons. The number of nitrogens with one attached hydrogen (secondary N) is 1. The summed E-state index contributed by atoms with van der Waals surface area (Å²) in [6.07, 6.45) is 3.32. The molecule has 0 atom stereocenters. The highest BCUT2D eigenvalue weighted by molar-refractivity contribution is 7.89. The Hall–Kier alpha value is -3.37. The topological polar surface area (TPSA) is 99.8 Å². The number of para-hydroxylation sites is 1. The van der Waals surface area contributed by atoms with E-state index in [2.05, 4.69) is 10.4 Å². The van der Waals surface area contributed by atoms with Crippen LogP contribution in [-0.4, -0.2) is 59.9 Å². The van der Waals surface area contributed by atoms with Crippen molar-refractivity contribution >= 4 is 34.8 Å². The van der Waals surface area contributed by atoms with Gasteiger partial charge in [-0.15, -0.1) is 0 Å². The number of aromatic hydroxyl groups is 1. The molecule has 34 heavy (non-hydrogen) atoms. The lowest BCUT2D eigenvalue weighted by Crippen LogP contribution is -2.39. The second-order valence-corrected chi connectivity index (χ2v) is 10.6. The molecule has 5 rings (SSSR count). The van der Waals surface area contributed by atoms with Crippen LogP contribution in [0.3, 0.4) is 0 Å². The zero-order valence-corrected chi connectivity index (χ0v) is 19.7. The van der Waals surface area contributed by atoms with Gasteiger partial charge in [-0.1, -0.05) is 30.3 Å². The molecule has 1 fully saturated rings. The second-order valence-electron chi connectivity index (χ2n) is 8.65. The van der Waals surface area contributed by atoms with Crippen molar-refractivity contribution in [2.45, 2.75) is 17.7 Å². The number of rotatable bonds is 6. The van der Waals surface area contributed by atoms with Crippen molar-refractivity contribution in [2.75, 3.05) is 25.0 Å². The van der Waals surface area contributed by atoms with E-state index in [1.54, 1.807) is 51.4 Å². The first-order valence-corrected chi connectivity index (χ1v) is 12.8. The zero-order valence-electron chi connectivity index (χ0n) is 18.9. The lowest BCUT2D eigenvalue weighted by molar-refractivity contribution is 0.282. The number of hydrogen-bond acceptors (Lipinski definition) is 6. The van der Waals surface area contributed by atoms with Crippen molar-refractivity contribution in [3.63, 3.8) is 0 Å². The Bertz CT molecular complexity index is 1420. The summed E-state index contributed by atoms with van der Waals surface area (Å²) in [5, 5.41) is 18.3. The van der Waals surface area contributed by atoms with Crippen molar-refractivity contribution in [2.24, 2.45) is 5.92 Å². The van der Waals surface area contributed by atoms with Gasteiger partial charge in [-0.05, 0) is 48.5 Å². The van der Waals surface area contributed by atoms with E-state index in [1.807, 2.05) is 32.1 Å². The number of piperidine rings is 1. The highest BCUT2D eigenvalue weighted by Gasteiger charge is 2.29. The van der Waals surface area contributed by atoms with E-state index in [9.17, 15) is 13.5 Å². The predicted molar refractivity (Wildman–Crippen MR) is 135 cm³/mol. The maximum atomic E-state index is 12.9. The third kappa shape index (κ3) is 4.26. The molecule has 0 bridgehead atoms. The molecular formula is C24H26BN5O3S. The summed E-state index contributed by atoms with van der Waals surface area (Å²) in [7, 11) is -1.50. The molecule has 10 heteroatoms. The van der Waals surface area contributed by atoms with Crippen LogP contribution in [0.15, 0.2) is 71.8 Å². The highest BCUT2D eigenvalue weighted by atomic mass is 32.2. The first-order chi connectivity index (χ1) is 16.4. The van der Waals surface area contributed by atoms with Crippen molar-refractivity contribution in [1.29, 1.82) is 0 Å². The highest BCUT2D eigenvalue weighted by Crippen LogP contribution is 2.30. The number of hydrogen-bond donors (Lipinski definition) is 2. The van der Waals surface area contributed by atoms with E-state index in [1.165, 1.54) is 0 Å². The van der Waals surface area contributed by atoms with Gasteiger partial charge in [-0.3, -0.25) is 0 Å². The fraction of sp³-hybridized carbons (Fsp3) is 0.250. The van der Waals surface area contributed by atoms with Crippen LogP contribution < -0.4 is 10.8 Å². The lowest BCUT2D eigenvalue weighted by atomic mass is 9.98. The molecule has 1 aliphatic heterocycles. The van der Waals surface area contributed by atoms with Crippen LogP contribution in [0.5, 0.6) is 5.75 Å². The Morgan fingerprint density at radius 2 is 1.76 bits per heavy atom. The van der Waals surface area contributed by atoms with Gasteiger partial charge >= 0.3 is 0 Å². The maximum Gasteiger partial charge on any atom is 0.243 e. The van der Waals surface area contributed by atoms with Crippen molar-refractivity contribution < 1.29 is 13.5 Å². The third-order valence-corrected chi connectivity index (χ3v) is 8.27. The van der Waals surface area contributed by atoms with Crippen LogP contribution in [0.25, 0.3) is 16.9 Å². The van der Waals surface area contributed by atoms with Crippen molar-refractivity contribution in [1.82, 2.24) is 18.9 Å². The van der Waals surface area contributed by atoms with Crippen LogP contribution in [-0.2, 0) is 10.0 Å². The minimum Gasteiger partial charge on any atom is -0.507 e. The number of fused-ring (bicyclic) bond motifs is 1. The third-order valence-electron chi connectivity index (χ3n) is 6.35. The zero-order chi connectivity index (χ0) is 23.7. The standard InChI is InChI=1S/C24H26BN5O3S/c25-20-16-27-30-23(14-21(28-24(20)30)19-8-4-5-9-22(19)31)26-15-17-10-12-29(13-11-17)34(32,33)18-6-2-1-3-7-18/h1-9,14,16-17,26,31H,10-13,15,25H2. The maximum absolute atomic E-state index is 12.9. The Morgan fingerprint density at radius 1 is 1.06 bits per heavy atom. The van der Waals surface area contributed by atoms with Crippen LogP contribution in [0.2, 0.25) is 0 Å². The summed E-state index contributed by atoms with van der Waals surface area (Å²) in [6.45, 7) is 1.69. The number of aromatic nitrogens is 3. The molecule has 1 aliphatic rings. The number of phenolic OH excluding ortho intramolecular Hbond substituents is 1. The van der Waals surface area contributed by atoms with Gasteiger partial charge in [0.05, 0.1) is 10.6 Å². The number of anilines is 1. The summed E-state index contributed by atoms with van der Waals surface area (Å²) < 4.78 is 29.1. The minimum atomic E-state index is -3.45. The van der Waals surface area contributed by atoms with E-state index < -0.39 is 10.0 Å². The molecule has 2 aromatic carbocycles.